The number of hydrogen-bond donors (Lipinski definition) is 2. The molecular weight excluding hydrogens is 322 g/mol. The van der Waals surface area contributed by atoms with E-state index in [0.717, 1.165) is 37.4 Å². The van der Waals surface area contributed by atoms with Crippen LogP contribution < -0.4 is 0 Å². The second-order valence-corrected chi connectivity index (χ2v) is 7.94. The summed E-state index contributed by atoms with van der Waals surface area (Å²) in [5.74, 6) is 1.19. The molecule has 3 heteroatoms. The van der Waals surface area contributed by atoms with Crippen molar-refractivity contribution < 1.29 is 10.2 Å². The Hall–Kier alpha value is -2.00. The minimum absolute atomic E-state index is 0.000827. The third-order valence-corrected chi connectivity index (χ3v) is 6.35. The van der Waals surface area contributed by atoms with E-state index in [2.05, 4.69) is 29.2 Å². The van der Waals surface area contributed by atoms with Crippen molar-refractivity contribution in [1.82, 2.24) is 4.90 Å². The van der Waals surface area contributed by atoms with Crippen molar-refractivity contribution in [1.29, 1.82) is 0 Å². The zero-order chi connectivity index (χ0) is 17.9. The second kappa shape index (κ2) is 7.71. The molecule has 0 saturated carbocycles. The molecule has 0 radical (unpaired) electrons. The zero-order valence-electron chi connectivity index (χ0n) is 15.4. The van der Waals surface area contributed by atoms with E-state index in [1.165, 1.54) is 32.2 Å². The highest BCUT2D eigenvalue weighted by molar-refractivity contribution is 5.41. The predicted octanol–water partition coefficient (Wildman–Crippen LogP) is 4.79. The Kier molecular flexibility index (Phi) is 5.16. The monoisotopic (exact) mass is 351 g/mol. The highest BCUT2D eigenvalue weighted by atomic mass is 16.3. The van der Waals surface area contributed by atoms with Crippen LogP contribution in [0.3, 0.4) is 0 Å². The molecule has 1 aliphatic heterocycles. The van der Waals surface area contributed by atoms with Crippen LogP contribution >= 0.6 is 0 Å². The van der Waals surface area contributed by atoms with Gasteiger partial charge in [-0.25, -0.2) is 0 Å². The Morgan fingerprint density at radius 1 is 0.923 bits per heavy atom. The molecule has 1 heterocycles. The van der Waals surface area contributed by atoms with E-state index in [0.29, 0.717) is 5.92 Å². The van der Waals surface area contributed by atoms with Crippen LogP contribution in [-0.4, -0.2) is 34.7 Å². The molecule has 1 unspecified atom stereocenters. The molecule has 1 aliphatic carbocycles. The van der Waals surface area contributed by atoms with Crippen LogP contribution in [0.5, 0.6) is 11.5 Å². The maximum absolute atomic E-state index is 9.73. The van der Waals surface area contributed by atoms with E-state index in [4.69, 9.17) is 0 Å². The number of aryl methyl sites for hydroxylation is 1. The molecule has 1 atom stereocenters. The van der Waals surface area contributed by atoms with Gasteiger partial charge in [0.1, 0.15) is 0 Å². The van der Waals surface area contributed by atoms with Gasteiger partial charge in [0.25, 0.3) is 0 Å². The summed E-state index contributed by atoms with van der Waals surface area (Å²) in [5.41, 5.74) is 4.31. The van der Waals surface area contributed by atoms with Crippen LogP contribution in [0.4, 0.5) is 0 Å². The first-order chi connectivity index (χ1) is 12.7. The van der Waals surface area contributed by atoms with Gasteiger partial charge >= 0.3 is 0 Å². The fraction of sp³-hybridized carbons (Fsp3) is 0.478. The molecular formula is C23H29NO2. The SMILES string of the molecule is Oc1ccc(C2CCN(CCC3CCCc4ccccc43)CC2)cc1O. The van der Waals surface area contributed by atoms with Crippen LogP contribution in [-0.2, 0) is 6.42 Å². The lowest BCUT2D eigenvalue weighted by Gasteiger charge is -2.34. The normalized spacial score (nSPS) is 21.5. The van der Waals surface area contributed by atoms with Crippen molar-refractivity contribution in [2.75, 3.05) is 19.6 Å². The minimum Gasteiger partial charge on any atom is -0.504 e. The molecule has 1 fully saturated rings. The summed E-state index contributed by atoms with van der Waals surface area (Å²) in [6.07, 6.45) is 7.44. The maximum Gasteiger partial charge on any atom is 0.157 e. The van der Waals surface area contributed by atoms with Crippen molar-refractivity contribution in [3.63, 3.8) is 0 Å². The Balaban J connectivity index is 1.30. The minimum atomic E-state index is -0.0288. The lowest BCUT2D eigenvalue weighted by molar-refractivity contribution is 0.203. The Bertz CT molecular complexity index is 750. The van der Waals surface area contributed by atoms with Crippen LogP contribution in [0.15, 0.2) is 42.5 Å². The summed E-state index contributed by atoms with van der Waals surface area (Å²) in [5, 5.41) is 19.2. The van der Waals surface area contributed by atoms with Crippen LogP contribution in [0.25, 0.3) is 0 Å². The van der Waals surface area contributed by atoms with Gasteiger partial charge in [-0.1, -0.05) is 30.3 Å². The van der Waals surface area contributed by atoms with Crippen LogP contribution in [0.1, 0.15) is 60.6 Å². The smallest absolute Gasteiger partial charge is 0.157 e. The topological polar surface area (TPSA) is 43.7 Å². The van der Waals surface area contributed by atoms with Gasteiger partial charge < -0.3 is 15.1 Å². The molecule has 26 heavy (non-hydrogen) atoms. The third kappa shape index (κ3) is 3.73. The molecule has 0 aromatic heterocycles. The van der Waals surface area contributed by atoms with Gasteiger partial charge in [0, 0.05) is 0 Å². The summed E-state index contributed by atoms with van der Waals surface area (Å²) in [6.45, 7) is 3.44. The van der Waals surface area contributed by atoms with Gasteiger partial charge in [0.05, 0.1) is 0 Å². The van der Waals surface area contributed by atoms with Gasteiger partial charge in [-0.3, -0.25) is 0 Å². The Morgan fingerprint density at radius 3 is 2.54 bits per heavy atom. The van der Waals surface area contributed by atoms with Gasteiger partial charge in [0.2, 0.25) is 0 Å². The Labute approximate surface area is 156 Å². The average molecular weight is 351 g/mol. The summed E-state index contributed by atoms with van der Waals surface area (Å²) >= 11 is 0. The first kappa shape index (κ1) is 17.4. The number of benzene rings is 2. The summed E-state index contributed by atoms with van der Waals surface area (Å²) in [4.78, 5) is 2.61. The number of likely N-dealkylation sites (tertiary alicyclic amines) is 1. The van der Waals surface area contributed by atoms with Crippen molar-refractivity contribution in [3.05, 3.63) is 59.2 Å². The van der Waals surface area contributed by atoms with Crippen molar-refractivity contribution in [2.45, 2.75) is 50.4 Å². The van der Waals surface area contributed by atoms with E-state index in [1.54, 1.807) is 23.3 Å². The molecule has 0 spiro atoms. The van der Waals surface area contributed by atoms with Gasteiger partial charge in [0.15, 0.2) is 11.5 Å². The maximum atomic E-state index is 9.73. The molecule has 4 rings (SSSR count). The number of fused-ring (bicyclic) bond motifs is 1. The number of nitrogens with zero attached hydrogens (tertiary/aromatic N) is 1. The third-order valence-electron chi connectivity index (χ3n) is 6.35. The highest BCUT2D eigenvalue weighted by Gasteiger charge is 2.24. The molecule has 1 saturated heterocycles. The number of phenols is 2. The standard InChI is InChI=1S/C23H29NO2/c25-22-9-8-20(16-23(22)26)17-10-13-24(14-11-17)15-12-19-6-3-5-18-4-1-2-7-21(18)19/h1-2,4,7-9,16-17,19,25-26H,3,5-6,10-15H2. The molecule has 2 aromatic rings. The predicted molar refractivity (Wildman–Crippen MR) is 105 cm³/mol. The van der Waals surface area contributed by atoms with Gasteiger partial charge in [-0.05, 0) is 98.8 Å². The van der Waals surface area contributed by atoms with Crippen molar-refractivity contribution in [3.8, 4) is 11.5 Å². The van der Waals surface area contributed by atoms with Crippen LogP contribution in [0, 0.1) is 0 Å². The fourth-order valence-electron chi connectivity index (χ4n) is 4.78. The van der Waals surface area contributed by atoms with E-state index in [1.807, 2.05) is 6.07 Å². The van der Waals surface area contributed by atoms with E-state index in [-0.39, 0.29) is 11.5 Å². The molecule has 2 N–H and O–H groups in total. The molecule has 2 aromatic carbocycles. The Morgan fingerprint density at radius 2 is 1.73 bits per heavy atom. The van der Waals surface area contributed by atoms with E-state index >= 15 is 0 Å². The van der Waals surface area contributed by atoms with E-state index in [9.17, 15) is 10.2 Å². The number of hydrogen-bond acceptors (Lipinski definition) is 3. The lowest BCUT2D eigenvalue weighted by atomic mass is 9.81. The lowest BCUT2D eigenvalue weighted by Crippen LogP contribution is -2.34. The van der Waals surface area contributed by atoms with Gasteiger partial charge in [-0.15, -0.1) is 0 Å². The van der Waals surface area contributed by atoms with E-state index < -0.39 is 0 Å². The second-order valence-electron chi connectivity index (χ2n) is 7.94. The van der Waals surface area contributed by atoms with Gasteiger partial charge in [-0.2, -0.15) is 0 Å². The quantitative estimate of drug-likeness (QED) is 0.779. The molecule has 0 amide bonds. The summed E-state index contributed by atoms with van der Waals surface area (Å²) in [7, 11) is 0. The van der Waals surface area contributed by atoms with Crippen molar-refractivity contribution in [2.24, 2.45) is 0 Å². The van der Waals surface area contributed by atoms with Crippen LogP contribution in [0.2, 0.25) is 0 Å². The number of aromatic hydroxyl groups is 2. The molecule has 0 bridgehead atoms. The zero-order valence-corrected chi connectivity index (χ0v) is 15.4. The molecule has 3 nitrogen and oxygen atoms in total. The number of rotatable bonds is 4. The molecule has 138 valence electrons. The molecule has 2 aliphatic rings. The summed E-state index contributed by atoms with van der Waals surface area (Å²) in [6, 6.07) is 14.3. The average Bonchev–Trinajstić information content (AvgIpc) is 2.69. The number of phenolic OH excluding ortho intramolecular Hbond substituents is 2. The highest BCUT2D eigenvalue weighted by Crippen LogP contribution is 2.36. The fourth-order valence-corrected chi connectivity index (χ4v) is 4.78. The number of piperidine rings is 1. The first-order valence-electron chi connectivity index (χ1n) is 10.0. The van der Waals surface area contributed by atoms with Crippen molar-refractivity contribution >= 4 is 0 Å². The first-order valence-corrected chi connectivity index (χ1v) is 10.0. The summed E-state index contributed by atoms with van der Waals surface area (Å²) < 4.78 is 0. The largest absolute Gasteiger partial charge is 0.504 e.